The van der Waals surface area contributed by atoms with Crippen LogP contribution in [0, 0.1) is 5.82 Å². The molecule has 0 radical (unpaired) electrons. The Morgan fingerprint density at radius 2 is 1.78 bits per heavy atom. The van der Waals surface area contributed by atoms with E-state index in [1.54, 1.807) is 6.20 Å². The summed E-state index contributed by atoms with van der Waals surface area (Å²) in [5.74, 6) is 0.424. The fourth-order valence-electron chi connectivity index (χ4n) is 3.68. The number of pyridine rings is 2. The van der Waals surface area contributed by atoms with Crippen LogP contribution in [0.25, 0.3) is 22.2 Å². The molecule has 0 spiro atoms. The van der Waals surface area contributed by atoms with Crippen molar-refractivity contribution >= 4 is 40.8 Å². The van der Waals surface area contributed by atoms with Crippen molar-refractivity contribution in [2.75, 3.05) is 43.4 Å². The molecule has 1 fully saturated rings. The highest BCUT2D eigenvalue weighted by molar-refractivity contribution is 5.85. The summed E-state index contributed by atoms with van der Waals surface area (Å²) >= 11 is 0. The van der Waals surface area contributed by atoms with E-state index in [4.69, 9.17) is 0 Å². The van der Waals surface area contributed by atoms with Gasteiger partial charge in [-0.15, -0.1) is 12.4 Å². The fraction of sp³-hybridized carbons (Fsp3) is 0.217. The number of hydrogen-bond acceptors (Lipinski definition) is 7. The Kier molecular flexibility index (Phi) is 6.43. The second-order valence-corrected chi connectivity index (χ2v) is 7.62. The van der Waals surface area contributed by atoms with Crippen molar-refractivity contribution in [2.45, 2.75) is 0 Å². The van der Waals surface area contributed by atoms with Crippen molar-refractivity contribution < 1.29 is 4.39 Å². The van der Waals surface area contributed by atoms with Crippen LogP contribution >= 0.6 is 12.4 Å². The van der Waals surface area contributed by atoms with Crippen molar-refractivity contribution in [3.63, 3.8) is 0 Å². The summed E-state index contributed by atoms with van der Waals surface area (Å²) in [7, 11) is 2.13. The Morgan fingerprint density at radius 3 is 2.56 bits per heavy atom. The standard InChI is InChI=1S/C23H22FN7.ClH/c1-30-9-11-31(12-10-30)18-5-7-21(26-14-18)28-23-27-15-19(24)22(29-23)17-4-6-20-16(13-17)3-2-8-25-20;/h2-8,13-15H,9-12H2,1H3,(H,26,27,28,29);1H. The molecule has 3 aromatic heterocycles. The van der Waals surface area contributed by atoms with Gasteiger partial charge < -0.3 is 15.1 Å². The Morgan fingerprint density at radius 1 is 0.938 bits per heavy atom. The molecule has 32 heavy (non-hydrogen) atoms. The lowest BCUT2D eigenvalue weighted by Gasteiger charge is -2.33. The lowest BCUT2D eigenvalue weighted by Crippen LogP contribution is -2.44. The van der Waals surface area contributed by atoms with Crippen molar-refractivity contribution in [1.29, 1.82) is 0 Å². The van der Waals surface area contributed by atoms with E-state index in [-0.39, 0.29) is 18.1 Å². The number of hydrogen-bond donors (Lipinski definition) is 1. The molecule has 5 rings (SSSR count). The van der Waals surface area contributed by atoms with Gasteiger partial charge in [-0.05, 0) is 37.4 Å². The zero-order valence-corrected chi connectivity index (χ0v) is 18.4. The summed E-state index contributed by atoms with van der Waals surface area (Å²) in [4.78, 5) is 21.9. The van der Waals surface area contributed by atoms with Gasteiger partial charge in [0.25, 0.3) is 0 Å². The maximum absolute atomic E-state index is 14.5. The van der Waals surface area contributed by atoms with Crippen LogP contribution in [0.5, 0.6) is 0 Å². The number of halogens is 2. The van der Waals surface area contributed by atoms with Gasteiger partial charge in [-0.2, -0.15) is 0 Å². The molecule has 0 saturated carbocycles. The number of nitrogens with one attached hydrogen (secondary N) is 1. The number of piperazine rings is 1. The lowest BCUT2D eigenvalue weighted by atomic mass is 10.1. The van der Waals surface area contributed by atoms with Gasteiger partial charge in [0, 0.05) is 43.3 Å². The zero-order chi connectivity index (χ0) is 21.2. The van der Waals surface area contributed by atoms with E-state index in [2.05, 4.69) is 42.1 Å². The maximum atomic E-state index is 14.5. The number of rotatable bonds is 4. The molecule has 9 heteroatoms. The lowest BCUT2D eigenvalue weighted by molar-refractivity contribution is 0.313. The molecule has 164 valence electrons. The highest BCUT2D eigenvalue weighted by atomic mass is 35.5. The first kappa shape index (κ1) is 21.9. The average Bonchev–Trinajstić information content (AvgIpc) is 2.81. The Bertz CT molecular complexity index is 1210. The highest BCUT2D eigenvalue weighted by Crippen LogP contribution is 2.26. The quantitative estimate of drug-likeness (QED) is 0.500. The maximum Gasteiger partial charge on any atom is 0.229 e. The molecular weight excluding hydrogens is 429 g/mol. The molecule has 1 saturated heterocycles. The third-order valence-corrected chi connectivity index (χ3v) is 5.48. The van der Waals surface area contributed by atoms with Crippen LogP contribution in [0.15, 0.2) is 61.1 Å². The van der Waals surface area contributed by atoms with Crippen LogP contribution in [0.2, 0.25) is 0 Å². The molecule has 1 aliphatic rings. The van der Waals surface area contributed by atoms with Crippen LogP contribution in [0.4, 0.5) is 21.8 Å². The van der Waals surface area contributed by atoms with E-state index in [0.717, 1.165) is 42.8 Å². The minimum absolute atomic E-state index is 0. The molecule has 1 aliphatic heterocycles. The summed E-state index contributed by atoms with van der Waals surface area (Å²) in [6.45, 7) is 4.04. The van der Waals surface area contributed by atoms with Gasteiger partial charge in [-0.1, -0.05) is 12.1 Å². The minimum Gasteiger partial charge on any atom is -0.368 e. The number of nitrogens with zero attached hydrogens (tertiary/aromatic N) is 6. The van der Waals surface area contributed by atoms with Crippen molar-refractivity contribution in [1.82, 2.24) is 24.8 Å². The second kappa shape index (κ2) is 9.42. The molecule has 4 aromatic rings. The molecule has 4 heterocycles. The van der Waals surface area contributed by atoms with Gasteiger partial charge in [0.1, 0.15) is 11.5 Å². The van der Waals surface area contributed by atoms with E-state index in [9.17, 15) is 4.39 Å². The van der Waals surface area contributed by atoms with Crippen molar-refractivity contribution in [3.8, 4) is 11.3 Å². The molecule has 7 nitrogen and oxygen atoms in total. The normalized spacial score (nSPS) is 14.2. The molecule has 0 unspecified atom stereocenters. The molecule has 0 aliphatic carbocycles. The predicted molar refractivity (Wildman–Crippen MR) is 127 cm³/mol. The van der Waals surface area contributed by atoms with Crippen LogP contribution in [0.1, 0.15) is 0 Å². The first-order chi connectivity index (χ1) is 15.2. The van der Waals surface area contributed by atoms with Crippen LogP contribution in [-0.2, 0) is 0 Å². The smallest absolute Gasteiger partial charge is 0.229 e. The fourth-order valence-corrected chi connectivity index (χ4v) is 3.68. The Balaban J connectivity index is 0.00000245. The summed E-state index contributed by atoms with van der Waals surface area (Å²) in [5, 5.41) is 4.00. The van der Waals surface area contributed by atoms with Gasteiger partial charge in [0.2, 0.25) is 5.95 Å². The van der Waals surface area contributed by atoms with Crippen LogP contribution < -0.4 is 10.2 Å². The van der Waals surface area contributed by atoms with Crippen molar-refractivity contribution in [3.05, 3.63) is 66.9 Å². The summed E-state index contributed by atoms with van der Waals surface area (Å²) < 4.78 is 14.5. The Hall–Kier alpha value is -3.36. The van der Waals surface area contributed by atoms with Gasteiger partial charge in [-0.3, -0.25) is 4.98 Å². The van der Waals surface area contributed by atoms with Gasteiger partial charge in [0.15, 0.2) is 5.82 Å². The first-order valence-electron chi connectivity index (χ1n) is 10.2. The van der Waals surface area contributed by atoms with Gasteiger partial charge >= 0.3 is 0 Å². The molecule has 0 atom stereocenters. The second-order valence-electron chi connectivity index (χ2n) is 7.62. The summed E-state index contributed by atoms with van der Waals surface area (Å²) in [5.41, 5.74) is 2.84. The third-order valence-electron chi connectivity index (χ3n) is 5.48. The van der Waals surface area contributed by atoms with Crippen molar-refractivity contribution in [2.24, 2.45) is 0 Å². The first-order valence-corrected chi connectivity index (χ1v) is 10.2. The minimum atomic E-state index is -0.479. The largest absolute Gasteiger partial charge is 0.368 e. The molecule has 0 amide bonds. The average molecular weight is 452 g/mol. The number of likely N-dealkylation sites (N-methyl/N-ethyl adjacent to an activating group) is 1. The van der Waals surface area contributed by atoms with E-state index in [1.807, 2.05) is 48.7 Å². The van der Waals surface area contributed by atoms with Gasteiger partial charge in [-0.25, -0.2) is 19.3 Å². The summed E-state index contributed by atoms with van der Waals surface area (Å²) in [6.07, 6.45) is 4.75. The topological polar surface area (TPSA) is 70.1 Å². The van der Waals surface area contributed by atoms with Crippen LogP contribution in [0.3, 0.4) is 0 Å². The molecule has 0 bridgehead atoms. The van der Waals surface area contributed by atoms with E-state index < -0.39 is 5.82 Å². The molecule has 1 N–H and O–H groups in total. The monoisotopic (exact) mass is 451 g/mol. The highest BCUT2D eigenvalue weighted by Gasteiger charge is 2.15. The number of anilines is 3. The SMILES string of the molecule is CN1CCN(c2ccc(Nc3ncc(F)c(-c4ccc5ncccc5c4)n3)nc2)CC1.Cl. The number of aromatic nitrogens is 4. The third kappa shape index (κ3) is 4.61. The van der Waals surface area contributed by atoms with E-state index in [1.165, 1.54) is 6.20 Å². The van der Waals surface area contributed by atoms with E-state index in [0.29, 0.717) is 17.3 Å². The zero-order valence-electron chi connectivity index (χ0n) is 17.6. The summed E-state index contributed by atoms with van der Waals surface area (Å²) in [6, 6.07) is 13.3. The molecule has 1 aromatic carbocycles. The molecular formula is C23H23ClFN7. The van der Waals surface area contributed by atoms with Gasteiger partial charge in [0.05, 0.1) is 23.6 Å². The Labute approximate surface area is 191 Å². The van der Waals surface area contributed by atoms with E-state index >= 15 is 0 Å². The predicted octanol–water partition coefficient (Wildman–Crippen LogP) is 4.14. The number of benzene rings is 1. The van der Waals surface area contributed by atoms with Crippen LogP contribution in [-0.4, -0.2) is 58.1 Å². The number of fused-ring (bicyclic) bond motifs is 1.